The smallest absolute Gasteiger partial charge is 0.303 e. The molecule has 0 aliphatic heterocycles. The second-order valence-corrected chi connectivity index (χ2v) is 3.53. The molecule has 2 unspecified atom stereocenters. The molecule has 6 atom stereocenters. The van der Waals surface area contributed by atoms with Crippen LogP contribution in [0, 0.1) is 0 Å². The van der Waals surface area contributed by atoms with Gasteiger partial charge in [0.2, 0.25) is 0 Å². The number of ether oxygens (including phenoxy) is 1. The van der Waals surface area contributed by atoms with Crippen molar-refractivity contribution in [3.8, 4) is 0 Å². The molecule has 1 aliphatic rings. The first-order valence-electron chi connectivity index (χ1n) is 4.43. The summed E-state index contributed by atoms with van der Waals surface area (Å²) in [6.07, 6.45) is -9.75. The SMILES string of the molecule is CC(=O)OC1[C@@H](O)[C@@H](O)C(O)[C@H](O)[C@H]1O. The van der Waals surface area contributed by atoms with Crippen LogP contribution in [-0.4, -0.2) is 68.1 Å². The monoisotopic (exact) mass is 222 g/mol. The fourth-order valence-corrected chi connectivity index (χ4v) is 1.53. The average Bonchev–Trinajstić information content (AvgIpc) is 2.18. The summed E-state index contributed by atoms with van der Waals surface area (Å²) in [5.41, 5.74) is 0. The molecule has 0 aromatic heterocycles. The summed E-state index contributed by atoms with van der Waals surface area (Å²) < 4.78 is 4.53. The first kappa shape index (κ1) is 12.3. The molecule has 7 nitrogen and oxygen atoms in total. The van der Waals surface area contributed by atoms with E-state index in [0.717, 1.165) is 6.92 Å². The fourth-order valence-electron chi connectivity index (χ4n) is 1.53. The van der Waals surface area contributed by atoms with Crippen molar-refractivity contribution in [3.63, 3.8) is 0 Å². The number of aliphatic hydroxyl groups is 5. The van der Waals surface area contributed by atoms with Crippen LogP contribution in [0.5, 0.6) is 0 Å². The van der Waals surface area contributed by atoms with Crippen LogP contribution in [0.1, 0.15) is 6.92 Å². The molecule has 5 N–H and O–H groups in total. The van der Waals surface area contributed by atoms with Crippen molar-refractivity contribution in [1.82, 2.24) is 0 Å². The molecular formula is C8H14O7. The van der Waals surface area contributed by atoms with Crippen molar-refractivity contribution < 1.29 is 35.1 Å². The van der Waals surface area contributed by atoms with E-state index >= 15 is 0 Å². The van der Waals surface area contributed by atoms with Gasteiger partial charge in [-0.1, -0.05) is 0 Å². The first-order valence-corrected chi connectivity index (χ1v) is 4.43. The van der Waals surface area contributed by atoms with Gasteiger partial charge in [0.25, 0.3) is 0 Å². The summed E-state index contributed by atoms with van der Waals surface area (Å²) >= 11 is 0. The van der Waals surface area contributed by atoms with E-state index in [9.17, 15) is 30.3 Å². The minimum atomic E-state index is -1.68. The highest BCUT2D eigenvalue weighted by atomic mass is 16.6. The van der Waals surface area contributed by atoms with Gasteiger partial charge in [0.05, 0.1) is 0 Å². The summed E-state index contributed by atoms with van der Waals surface area (Å²) in [6.45, 7) is 1.06. The molecule has 0 heterocycles. The van der Waals surface area contributed by atoms with Crippen LogP contribution < -0.4 is 0 Å². The second-order valence-electron chi connectivity index (χ2n) is 3.53. The third-order valence-corrected chi connectivity index (χ3v) is 2.37. The summed E-state index contributed by atoms with van der Waals surface area (Å²) in [5, 5.41) is 46.5. The number of carbonyl (C=O) groups is 1. The van der Waals surface area contributed by atoms with E-state index in [0.29, 0.717) is 0 Å². The zero-order valence-electron chi connectivity index (χ0n) is 8.02. The number of aliphatic hydroxyl groups excluding tert-OH is 5. The number of hydrogen-bond donors (Lipinski definition) is 5. The minimum absolute atomic E-state index is 0.770. The Morgan fingerprint density at radius 3 is 1.53 bits per heavy atom. The lowest BCUT2D eigenvalue weighted by atomic mass is 9.85. The van der Waals surface area contributed by atoms with E-state index in [1.807, 2.05) is 0 Å². The van der Waals surface area contributed by atoms with Gasteiger partial charge >= 0.3 is 5.97 Å². The molecule has 0 spiro atoms. The maximum Gasteiger partial charge on any atom is 0.303 e. The van der Waals surface area contributed by atoms with Gasteiger partial charge in [-0.3, -0.25) is 4.79 Å². The van der Waals surface area contributed by atoms with Gasteiger partial charge in [-0.25, -0.2) is 0 Å². The Kier molecular flexibility index (Phi) is 3.63. The first-order chi connectivity index (χ1) is 6.86. The number of carbonyl (C=O) groups excluding carboxylic acids is 1. The highest BCUT2D eigenvalue weighted by Gasteiger charge is 2.49. The van der Waals surface area contributed by atoms with E-state index in [1.54, 1.807) is 0 Å². The van der Waals surface area contributed by atoms with Crippen LogP contribution in [0.15, 0.2) is 0 Å². The summed E-state index contributed by atoms with van der Waals surface area (Å²) in [7, 11) is 0. The average molecular weight is 222 g/mol. The zero-order valence-corrected chi connectivity index (χ0v) is 8.02. The summed E-state index contributed by atoms with van der Waals surface area (Å²) in [6, 6.07) is 0. The maximum atomic E-state index is 10.6. The summed E-state index contributed by atoms with van der Waals surface area (Å²) in [4.78, 5) is 10.6. The Labute approximate surface area is 85.5 Å². The van der Waals surface area contributed by atoms with Gasteiger partial charge in [-0.2, -0.15) is 0 Å². The van der Waals surface area contributed by atoms with E-state index < -0.39 is 42.6 Å². The lowest BCUT2D eigenvalue weighted by molar-refractivity contribution is -0.232. The molecule has 0 aromatic rings. The molecule has 1 rings (SSSR count). The normalized spacial score (nSPS) is 46.3. The highest BCUT2D eigenvalue weighted by molar-refractivity contribution is 5.66. The zero-order chi connectivity index (χ0) is 11.7. The van der Waals surface area contributed by atoms with Crippen LogP contribution in [0.3, 0.4) is 0 Å². The third kappa shape index (κ3) is 2.27. The van der Waals surface area contributed by atoms with E-state index in [4.69, 9.17) is 0 Å². The second kappa shape index (κ2) is 4.42. The van der Waals surface area contributed by atoms with E-state index in [2.05, 4.69) is 4.74 Å². The molecule has 1 fully saturated rings. The molecule has 1 saturated carbocycles. The molecule has 15 heavy (non-hydrogen) atoms. The predicted octanol–water partition coefficient (Wildman–Crippen LogP) is -3.26. The largest absolute Gasteiger partial charge is 0.457 e. The van der Waals surface area contributed by atoms with Gasteiger partial charge < -0.3 is 30.3 Å². The quantitative estimate of drug-likeness (QED) is 0.294. The van der Waals surface area contributed by atoms with Crippen molar-refractivity contribution in [3.05, 3.63) is 0 Å². The molecule has 1 aliphatic carbocycles. The van der Waals surface area contributed by atoms with E-state index in [1.165, 1.54) is 0 Å². The molecular weight excluding hydrogens is 208 g/mol. The Bertz CT molecular complexity index is 227. The topological polar surface area (TPSA) is 127 Å². The molecule has 0 saturated heterocycles. The Morgan fingerprint density at radius 1 is 0.867 bits per heavy atom. The number of rotatable bonds is 1. The summed E-state index contributed by atoms with van der Waals surface area (Å²) in [5.74, 6) is -0.770. The minimum Gasteiger partial charge on any atom is -0.457 e. The van der Waals surface area contributed by atoms with Crippen LogP contribution in [0.4, 0.5) is 0 Å². The van der Waals surface area contributed by atoms with Gasteiger partial charge in [0.15, 0.2) is 6.10 Å². The van der Waals surface area contributed by atoms with Crippen molar-refractivity contribution >= 4 is 5.97 Å². The van der Waals surface area contributed by atoms with Gasteiger partial charge in [0, 0.05) is 6.92 Å². The molecule has 0 radical (unpaired) electrons. The number of esters is 1. The van der Waals surface area contributed by atoms with E-state index in [-0.39, 0.29) is 0 Å². The van der Waals surface area contributed by atoms with Crippen molar-refractivity contribution in [1.29, 1.82) is 0 Å². The van der Waals surface area contributed by atoms with Crippen LogP contribution in [0.25, 0.3) is 0 Å². The van der Waals surface area contributed by atoms with Crippen molar-refractivity contribution in [2.75, 3.05) is 0 Å². The lowest BCUT2D eigenvalue weighted by Gasteiger charge is -2.40. The molecule has 7 heteroatoms. The predicted molar refractivity (Wildman–Crippen MR) is 45.6 cm³/mol. The third-order valence-electron chi connectivity index (χ3n) is 2.37. The molecule has 0 bridgehead atoms. The van der Waals surface area contributed by atoms with Gasteiger partial charge in [-0.05, 0) is 0 Å². The van der Waals surface area contributed by atoms with Gasteiger partial charge in [-0.15, -0.1) is 0 Å². The van der Waals surface area contributed by atoms with Crippen molar-refractivity contribution in [2.45, 2.75) is 43.5 Å². The highest BCUT2D eigenvalue weighted by Crippen LogP contribution is 2.23. The van der Waals surface area contributed by atoms with Crippen molar-refractivity contribution in [2.24, 2.45) is 0 Å². The Hall–Kier alpha value is -0.730. The molecule has 0 aromatic carbocycles. The van der Waals surface area contributed by atoms with Crippen LogP contribution >= 0.6 is 0 Å². The maximum absolute atomic E-state index is 10.6. The Balaban J connectivity index is 2.81. The fraction of sp³-hybridized carbons (Fsp3) is 0.875. The standard InChI is InChI=1S/C8H14O7/c1-2(9)15-8-6(13)4(11)3(10)5(12)7(8)14/h3-8,10-14H,1H3/t3?,4-,5-,6-,7+,8?/m0/s1. The molecule has 0 amide bonds. The molecule has 88 valence electrons. The number of hydrogen-bond acceptors (Lipinski definition) is 7. The lowest BCUT2D eigenvalue weighted by Crippen LogP contribution is -2.64. The van der Waals surface area contributed by atoms with Gasteiger partial charge in [0.1, 0.15) is 30.5 Å². The Morgan fingerprint density at radius 2 is 1.20 bits per heavy atom. The van der Waals surface area contributed by atoms with Crippen LogP contribution in [-0.2, 0) is 9.53 Å². The van der Waals surface area contributed by atoms with Crippen LogP contribution in [0.2, 0.25) is 0 Å².